The van der Waals surface area contributed by atoms with Gasteiger partial charge in [-0.3, -0.25) is 9.69 Å². The topological polar surface area (TPSA) is 117 Å². The molecule has 2 saturated heterocycles. The van der Waals surface area contributed by atoms with Crippen molar-refractivity contribution < 1.29 is 9.90 Å². The Labute approximate surface area is 253 Å². The molecule has 0 saturated carbocycles. The van der Waals surface area contributed by atoms with E-state index in [4.69, 9.17) is 15.1 Å². The molecule has 1 amide bonds. The standard InChI is InChI=1S/C29H35N9O2S2/c1-6-22-26(34(5)27-32-25(23(11-30)41-27)20-9-7-17(2)8-10-20)38-28(31-22)42-29(33-38)37-13-18(3)35(12-19(37)4)16-24(40)36-14-21(39)15-36/h7-10,18-19,21,39H,6,12-16H2,1-5H3/t18-,19-/m1/s1. The SMILES string of the molecule is CCc1nc2sc(N3C[C@@H](C)N(CC(=O)N4CC(O)C4)C[C@H]3C)nn2c1N(C)c1nc(-c2ccc(C)cc2)c(C#N)s1. The zero-order valence-corrected chi connectivity index (χ0v) is 26.1. The Balaban J connectivity index is 1.25. The van der Waals surface area contributed by atoms with Crippen LogP contribution in [0.1, 0.15) is 36.9 Å². The van der Waals surface area contributed by atoms with Gasteiger partial charge in [0.05, 0.1) is 18.3 Å². The van der Waals surface area contributed by atoms with Crippen molar-refractivity contribution in [3.63, 3.8) is 0 Å². The normalized spacial score (nSPS) is 19.7. The summed E-state index contributed by atoms with van der Waals surface area (Å²) in [5.41, 5.74) is 3.69. The van der Waals surface area contributed by atoms with Crippen LogP contribution in [0.2, 0.25) is 0 Å². The van der Waals surface area contributed by atoms with Crippen molar-refractivity contribution in [2.75, 3.05) is 49.6 Å². The summed E-state index contributed by atoms with van der Waals surface area (Å²) in [6, 6.07) is 10.7. The molecule has 4 aromatic rings. The summed E-state index contributed by atoms with van der Waals surface area (Å²) >= 11 is 2.93. The van der Waals surface area contributed by atoms with Crippen LogP contribution in [0, 0.1) is 18.3 Å². The van der Waals surface area contributed by atoms with Gasteiger partial charge in [0.2, 0.25) is 16.0 Å². The quantitative estimate of drug-likeness (QED) is 0.338. The van der Waals surface area contributed by atoms with Crippen LogP contribution in [0.15, 0.2) is 24.3 Å². The van der Waals surface area contributed by atoms with Crippen LogP contribution in [0.25, 0.3) is 16.2 Å². The second-order valence-corrected chi connectivity index (χ2v) is 13.2. The van der Waals surface area contributed by atoms with Crippen LogP contribution in [-0.2, 0) is 11.2 Å². The fourth-order valence-corrected chi connectivity index (χ4v) is 7.48. The van der Waals surface area contributed by atoms with Crippen LogP contribution in [0.5, 0.6) is 0 Å². The zero-order valence-electron chi connectivity index (χ0n) is 24.5. The molecule has 13 heteroatoms. The molecule has 2 atom stereocenters. The molecule has 2 aliphatic heterocycles. The lowest BCUT2D eigenvalue weighted by molar-refractivity contribution is -0.143. The van der Waals surface area contributed by atoms with Crippen molar-refractivity contribution in [3.8, 4) is 17.3 Å². The number of fused-ring (bicyclic) bond motifs is 1. The van der Waals surface area contributed by atoms with Gasteiger partial charge in [-0.25, -0.2) is 9.97 Å². The number of amides is 1. The number of hydrogen-bond donors (Lipinski definition) is 1. The molecule has 0 spiro atoms. The maximum absolute atomic E-state index is 12.7. The number of thiazole rings is 1. The molecule has 6 rings (SSSR count). The minimum absolute atomic E-state index is 0.0765. The average Bonchev–Trinajstić information content (AvgIpc) is 3.65. The molecule has 0 bridgehead atoms. The summed E-state index contributed by atoms with van der Waals surface area (Å²) in [5.74, 6) is 0.929. The van der Waals surface area contributed by atoms with Gasteiger partial charge in [-0.2, -0.15) is 9.78 Å². The van der Waals surface area contributed by atoms with Crippen LogP contribution >= 0.6 is 22.7 Å². The maximum atomic E-state index is 12.7. The van der Waals surface area contributed by atoms with Gasteiger partial charge in [0, 0.05) is 50.9 Å². The molecule has 220 valence electrons. The summed E-state index contributed by atoms with van der Waals surface area (Å²) < 4.78 is 1.90. The summed E-state index contributed by atoms with van der Waals surface area (Å²) in [6.07, 6.45) is 0.350. The number of β-amino-alcohol motifs (C(OH)–C–C–N with tert-alkyl or cyclic N) is 1. The molecular formula is C29H35N9O2S2. The zero-order chi connectivity index (χ0) is 29.7. The fraction of sp³-hybridized carbons (Fsp3) is 0.483. The average molecular weight is 606 g/mol. The number of anilines is 3. The summed E-state index contributed by atoms with van der Waals surface area (Å²) in [7, 11) is 1.96. The van der Waals surface area contributed by atoms with Gasteiger partial charge < -0.3 is 19.8 Å². The predicted molar refractivity (Wildman–Crippen MR) is 166 cm³/mol. The lowest BCUT2D eigenvalue weighted by atomic mass is 10.1. The number of imidazole rings is 1. The van der Waals surface area contributed by atoms with E-state index < -0.39 is 0 Å². The molecule has 1 N–H and O–H groups in total. The number of aryl methyl sites for hydroxylation is 2. The third-order valence-electron chi connectivity index (χ3n) is 8.13. The molecule has 3 aromatic heterocycles. The van der Waals surface area contributed by atoms with E-state index in [-0.39, 0.29) is 24.1 Å². The van der Waals surface area contributed by atoms with Gasteiger partial charge in [0.25, 0.3) is 0 Å². The first-order valence-corrected chi connectivity index (χ1v) is 15.9. The lowest BCUT2D eigenvalue weighted by Crippen LogP contribution is -2.61. The number of hydrogen-bond acceptors (Lipinski definition) is 11. The van der Waals surface area contributed by atoms with Crippen LogP contribution in [0.4, 0.5) is 16.1 Å². The number of aliphatic hydroxyl groups excluding tert-OH is 1. The number of benzene rings is 1. The van der Waals surface area contributed by atoms with Crippen molar-refractivity contribution >= 4 is 49.6 Å². The van der Waals surface area contributed by atoms with E-state index in [1.807, 2.05) is 47.7 Å². The third kappa shape index (κ3) is 5.13. The molecular weight excluding hydrogens is 571 g/mol. The maximum Gasteiger partial charge on any atom is 0.236 e. The highest BCUT2D eigenvalue weighted by Gasteiger charge is 2.36. The number of likely N-dealkylation sites (tertiary alicyclic amines) is 1. The van der Waals surface area contributed by atoms with Crippen LogP contribution in [0.3, 0.4) is 0 Å². The van der Waals surface area contributed by atoms with Crippen molar-refractivity contribution in [2.45, 2.75) is 52.3 Å². The highest BCUT2D eigenvalue weighted by atomic mass is 32.1. The first-order valence-electron chi connectivity index (χ1n) is 14.2. The monoisotopic (exact) mass is 605 g/mol. The lowest BCUT2D eigenvalue weighted by Gasteiger charge is -2.45. The number of aliphatic hydroxyl groups is 1. The van der Waals surface area contributed by atoms with Gasteiger partial charge >= 0.3 is 0 Å². The molecule has 2 aliphatic rings. The molecule has 1 aromatic carbocycles. The second kappa shape index (κ2) is 11.3. The number of rotatable bonds is 7. The number of carbonyl (C=O) groups excluding carboxylic acids is 1. The highest BCUT2D eigenvalue weighted by Crippen LogP contribution is 2.38. The number of piperazine rings is 1. The van der Waals surface area contributed by atoms with E-state index in [9.17, 15) is 15.2 Å². The number of nitriles is 1. The molecule has 5 heterocycles. The molecule has 2 fully saturated rings. The van der Waals surface area contributed by atoms with Crippen molar-refractivity contribution in [1.82, 2.24) is 29.4 Å². The Morgan fingerprint density at radius 1 is 1.12 bits per heavy atom. The molecule has 42 heavy (non-hydrogen) atoms. The molecule has 0 unspecified atom stereocenters. The summed E-state index contributed by atoms with van der Waals surface area (Å²) in [4.78, 5) is 32.1. The number of nitrogens with zero attached hydrogens (tertiary/aromatic N) is 9. The van der Waals surface area contributed by atoms with Gasteiger partial charge in [-0.1, -0.05) is 59.4 Å². The first-order chi connectivity index (χ1) is 20.2. The highest BCUT2D eigenvalue weighted by molar-refractivity contribution is 7.20. The number of aromatic nitrogens is 4. The van der Waals surface area contributed by atoms with Crippen molar-refractivity contribution in [1.29, 1.82) is 5.26 Å². The third-order valence-corrected chi connectivity index (χ3v) is 10.1. The smallest absolute Gasteiger partial charge is 0.236 e. The Hall–Kier alpha value is -3.57. The summed E-state index contributed by atoms with van der Waals surface area (Å²) in [5, 5.41) is 26.1. The van der Waals surface area contributed by atoms with Crippen molar-refractivity contribution in [2.24, 2.45) is 0 Å². The van der Waals surface area contributed by atoms with E-state index in [0.717, 1.165) is 52.2 Å². The Kier molecular flexibility index (Phi) is 7.65. The van der Waals surface area contributed by atoms with Gasteiger partial charge in [0.1, 0.15) is 16.6 Å². The molecule has 0 radical (unpaired) electrons. The van der Waals surface area contributed by atoms with E-state index in [1.54, 1.807) is 16.2 Å². The summed E-state index contributed by atoms with van der Waals surface area (Å²) in [6.45, 7) is 11.2. The number of carbonyl (C=O) groups is 1. The Morgan fingerprint density at radius 2 is 1.86 bits per heavy atom. The molecule has 0 aliphatic carbocycles. The van der Waals surface area contributed by atoms with E-state index in [0.29, 0.717) is 35.3 Å². The Bertz CT molecular complexity index is 1650. The van der Waals surface area contributed by atoms with Crippen LogP contribution < -0.4 is 9.80 Å². The van der Waals surface area contributed by atoms with E-state index >= 15 is 0 Å². The molecule has 11 nitrogen and oxygen atoms in total. The Morgan fingerprint density at radius 3 is 2.52 bits per heavy atom. The predicted octanol–water partition coefficient (Wildman–Crippen LogP) is 3.53. The van der Waals surface area contributed by atoms with Gasteiger partial charge in [0.15, 0.2) is 10.9 Å². The van der Waals surface area contributed by atoms with Gasteiger partial charge in [-0.05, 0) is 27.2 Å². The minimum atomic E-state index is -0.387. The fourth-order valence-electron chi connectivity index (χ4n) is 5.60. The van der Waals surface area contributed by atoms with Crippen LogP contribution in [-0.4, -0.2) is 98.4 Å². The minimum Gasteiger partial charge on any atom is -0.389 e. The van der Waals surface area contributed by atoms with E-state index in [1.165, 1.54) is 11.3 Å². The second-order valence-electron chi connectivity index (χ2n) is 11.3. The largest absolute Gasteiger partial charge is 0.389 e. The first kappa shape index (κ1) is 28.5. The van der Waals surface area contributed by atoms with Gasteiger partial charge in [-0.15, -0.1) is 5.10 Å². The van der Waals surface area contributed by atoms with E-state index in [2.05, 4.69) is 36.6 Å². The van der Waals surface area contributed by atoms with Crippen molar-refractivity contribution in [3.05, 3.63) is 40.4 Å².